The molecule has 0 heterocycles. The lowest BCUT2D eigenvalue weighted by molar-refractivity contribution is -0.113. The number of aliphatic imine (C=N–C) groups is 1. The Morgan fingerprint density at radius 2 is 2.22 bits per heavy atom. The van der Waals surface area contributed by atoms with Gasteiger partial charge in [-0.15, -0.1) is 0 Å². The number of hydrogen-bond donors (Lipinski definition) is 1. The third-order valence-electron chi connectivity index (χ3n) is 0.703. The molecule has 0 saturated carbocycles. The van der Waals surface area contributed by atoms with Gasteiger partial charge in [-0.25, -0.2) is 0 Å². The summed E-state index contributed by atoms with van der Waals surface area (Å²) in [4.78, 5) is 13.9. The zero-order valence-electron chi connectivity index (χ0n) is 5.59. The molecule has 0 spiro atoms. The number of primary amides is 1. The first-order valence-corrected chi connectivity index (χ1v) is 2.56. The van der Waals surface area contributed by atoms with Crippen LogP contribution in [-0.2, 0) is 4.79 Å². The molecular formula is C6H10N2O. The van der Waals surface area contributed by atoms with Crippen LogP contribution in [0.4, 0.5) is 0 Å². The molecule has 3 heteroatoms. The number of nitrogens with zero attached hydrogens (tertiary/aromatic N) is 1. The second kappa shape index (κ2) is 3.83. The van der Waals surface area contributed by atoms with Gasteiger partial charge in [0.1, 0.15) is 0 Å². The topological polar surface area (TPSA) is 55.4 Å². The summed E-state index contributed by atoms with van der Waals surface area (Å²) in [6.45, 7) is 1.76. The average molecular weight is 126 g/mol. The largest absolute Gasteiger partial charge is 0.366 e. The smallest absolute Gasteiger partial charge is 0.241 e. The molecule has 0 aliphatic heterocycles. The van der Waals surface area contributed by atoms with Gasteiger partial charge in [-0.3, -0.25) is 9.79 Å². The van der Waals surface area contributed by atoms with Crippen LogP contribution in [0.2, 0.25) is 0 Å². The van der Waals surface area contributed by atoms with Crippen LogP contribution in [0.3, 0.4) is 0 Å². The minimum absolute atomic E-state index is 0.438. The van der Waals surface area contributed by atoms with E-state index < -0.39 is 5.91 Å². The maximum atomic E-state index is 10.2. The molecule has 9 heavy (non-hydrogen) atoms. The summed E-state index contributed by atoms with van der Waals surface area (Å²) >= 11 is 0. The highest BCUT2D eigenvalue weighted by atomic mass is 16.1. The molecule has 3 nitrogen and oxygen atoms in total. The van der Waals surface area contributed by atoms with E-state index in [1.54, 1.807) is 20.2 Å². The molecule has 0 aliphatic carbocycles. The van der Waals surface area contributed by atoms with Crippen molar-refractivity contribution in [2.24, 2.45) is 10.7 Å². The Kier molecular flexibility index (Phi) is 3.35. The van der Waals surface area contributed by atoms with Crippen LogP contribution in [0, 0.1) is 0 Å². The first-order valence-electron chi connectivity index (χ1n) is 2.56. The van der Waals surface area contributed by atoms with Gasteiger partial charge in [0.05, 0.1) is 0 Å². The monoisotopic (exact) mass is 126 g/mol. The highest BCUT2D eigenvalue weighted by molar-refractivity contribution is 5.93. The molecule has 0 radical (unpaired) electrons. The quantitative estimate of drug-likeness (QED) is 0.414. The summed E-state index contributed by atoms with van der Waals surface area (Å²) in [5, 5.41) is 0. The van der Waals surface area contributed by atoms with Crippen LogP contribution >= 0.6 is 0 Å². The van der Waals surface area contributed by atoms with Crippen molar-refractivity contribution in [3.05, 3.63) is 11.6 Å². The van der Waals surface area contributed by atoms with E-state index in [1.807, 2.05) is 0 Å². The van der Waals surface area contributed by atoms with Crippen LogP contribution in [0.1, 0.15) is 6.92 Å². The molecule has 2 N–H and O–H groups in total. The fraction of sp³-hybridized carbons (Fsp3) is 0.333. The Morgan fingerprint density at radius 3 is 2.56 bits per heavy atom. The van der Waals surface area contributed by atoms with Crippen LogP contribution in [-0.4, -0.2) is 19.2 Å². The first kappa shape index (κ1) is 7.88. The van der Waals surface area contributed by atoms with Crippen molar-refractivity contribution in [3.63, 3.8) is 0 Å². The zero-order chi connectivity index (χ0) is 7.28. The van der Waals surface area contributed by atoms with Crippen LogP contribution < -0.4 is 5.73 Å². The molecule has 0 aromatic carbocycles. The van der Waals surface area contributed by atoms with Gasteiger partial charge in [0, 0.05) is 19.3 Å². The SMILES string of the molecule is CN=C/C(C)=C\C(N)=O. The Bertz CT molecular complexity index is 158. The third kappa shape index (κ3) is 4.74. The van der Waals surface area contributed by atoms with Crippen molar-refractivity contribution in [2.45, 2.75) is 6.92 Å². The Morgan fingerprint density at radius 1 is 1.67 bits per heavy atom. The number of hydrogen-bond acceptors (Lipinski definition) is 2. The van der Waals surface area contributed by atoms with Gasteiger partial charge in [-0.2, -0.15) is 0 Å². The second-order valence-electron chi connectivity index (χ2n) is 1.68. The number of amides is 1. The van der Waals surface area contributed by atoms with Gasteiger partial charge in [0.25, 0.3) is 0 Å². The van der Waals surface area contributed by atoms with Gasteiger partial charge < -0.3 is 5.73 Å². The van der Waals surface area contributed by atoms with Crippen LogP contribution in [0.25, 0.3) is 0 Å². The molecule has 0 saturated heterocycles. The molecule has 0 fully saturated rings. The van der Waals surface area contributed by atoms with Crippen LogP contribution in [0.5, 0.6) is 0 Å². The predicted octanol–water partition coefficient (Wildman–Crippen LogP) is 0.119. The molecule has 0 atom stereocenters. The average Bonchev–Trinajstić information content (AvgIpc) is 1.63. The summed E-state index contributed by atoms with van der Waals surface area (Å²) in [7, 11) is 1.64. The molecule has 50 valence electrons. The van der Waals surface area contributed by atoms with E-state index in [1.165, 1.54) is 6.08 Å². The van der Waals surface area contributed by atoms with E-state index >= 15 is 0 Å². The van der Waals surface area contributed by atoms with E-state index in [0.717, 1.165) is 5.57 Å². The zero-order valence-corrected chi connectivity index (χ0v) is 5.59. The summed E-state index contributed by atoms with van der Waals surface area (Å²) in [5.74, 6) is -0.438. The van der Waals surface area contributed by atoms with E-state index in [-0.39, 0.29) is 0 Å². The second-order valence-corrected chi connectivity index (χ2v) is 1.68. The fourth-order valence-electron chi connectivity index (χ4n) is 0.465. The number of rotatable bonds is 2. The lowest BCUT2D eigenvalue weighted by atomic mass is 10.3. The van der Waals surface area contributed by atoms with Gasteiger partial charge in [-0.1, -0.05) is 0 Å². The maximum absolute atomic E-state index is 10.2. The molecule has 0 unspecified atom stereocenters. The van der Waals surface area contributed by atoms with E-state index in [9.17, 15) is 4.79 Å². The molecule has 0 rings (SSSR count). The lowest BCUT2D eigenvalue weighted by Gasteiger charge is -1.84. The maximum Gasteiger partial charge on any atom is 0.241 e. The van der Waals surface area contributed by atoms with Crippen molar-refractivity contribution < 1.29 is 4.79 Å². The normalized spacial score (nSPS) is 12.4. The van der Waals surface area contributed by atoms with Crippen molar-refractivity contribution in [1.29, 1.82) is 0 Å². The van der Waals surface area contributed by atoms with Crippen molar-refractivity contribution >= 4 is 12.1 Å². The summed E-state index contributed by atoms with van der Waals surface area (Å²) in [6.07, 6.45) is 2.90. The number of carbonyl (C=O) groups is 1. The Hall–Kier alpha value is -1.12. The number of allylic oxidation sites excluding steroid dienone is 1. The highest BCUT2D eigenvalue weighted by Gasteiger charge is 1.85. The summed E-state index contributed by atoms with van der Waals surface area (Å²) in [5.41, 5.74) is 5.62. The predicted molar refractivity (Wildman–Crippen MR) is 37.4 cm³/mol. The van der Waals surface area contributed by atoms with E-state index in [0.29, 0.717) is 0 Å². The molecule has 0 bridgehead atoms. The summed E-state index contributed by atoms with van der Waals surface area (Å²) < 4.78 is 0. The van der Waals surface area contributed by atoms with E-state index in [2.05, 4.69) is 4.99 Å². The van der Waals surface area contributed by atoms with E-state index in [4.69, 9.17) is 5.73 Å². The Labute approximate surface area is 54.3 Å². The highest BCUT2D eigenvalue weighted by Crippen LogP contribution is 1.84. The van der Waals surface area contributed by atoms with Crippen molar-refractivity contribution in [2.75, 3.05) is 7.05 Å². The number of nitrogens with two attached hydrogens (primary N) is 1. The van der Waals surface area contributed by atoms with Gasteiger partial charge in [-0.05, 0) is 12.5 Å². The molecule has 0 aliphatic rings. The minimum Gasteiger partial charge on any atom is -0.366 e. The Balaban J connectivity index is 4.00. The molecular weight excluding hydrogens is 116 g/mol. The first-order chi connectivity index (χ1) is 4.16. The minimum atomic E-state index is -0.438. The van der Waals surface area contributed by atoms with Gasteiger partial charge in [0.15, 0.2) is 0 Å². The summed E-state index contributed by atoms with van der Waals surface area (Å²) in [6, 6.07) is 0. The van der Waals surface area contributed by atoms with Crippen molar-refractivity contribution in [3.8, 4) is 0 Å². The van der Waals surface area contributed by atoms with Gasteiger partial charge >= 0.3 is 0 Å². The van der Waals surface area contributed by atoms with Crippen LogP contribution in [0.15, 0.2) is 16.6 Å². The lowest BCUT2D eigenvalue weighted by Crippen LogP contribution is -2.06. The molecule has 1 amide bonds. The molecule has 0 aromatic rings. The fourth-order valence-corrected chi connectivity index (χ4v) is 0.465. The van der Waals surface area contributed by atoms with Crippen molar-refractivity contribution in [1.82, 2.24) is 0 Å². The third-order valence-corrected chi connectivity index (χ3v) is 0.703. The van der Waals surface area contributed by atoms with Gasteiger partial charge in [0.2, 0.25) is 5.91 Å². The number of carbonyl (C=O) groups excluding carboxylic acids is 1. The molecule has 0 aromatic heterocycles. The standard InChI is InChI=1S/C6H10N2O/c1-5(4-8-2)3-6(7)9/h3-4H,1-2H3,(H2,7,9)/b5-3-,8-4?.